The molecule has 0 aliphatic heterocycles. The Bertz CT molecular complexity index is 1130. The summed E-state index contributed by atoms with van der Waals surface area (Å²) in [7, 11) is -2.12. The van der Waals surface area contributed by atoms with Crippen molar-refractivity contribution in [1.29, 1.82) is 0 Å². The van der Waals surface area contributed by atoms with E-state index in [0.29, 0.717) is 15.4 Å². The highest BCUT2D eigenvalue weighted by Gasteiger charge is 2.22. The van der Waals surface area contributed by atoms with Crippen molar-refractivity contribution in [3.8, 4) is 0 Å². The van der Waals surface area contributed by atoms with Crippen molar-refractivity contribution < 1.29 is 13.2 Å². The second kappa shape index (κ2) is 7.82. The van der Waals surface area contributed by atoms with E-state index in [9.17, 15) is 13.2 Å². The highest BCUT2D eigenvalue weighted by molar-refractivity contribution is 7.89. The Morgan fingerprint density at radius 3 is 2.57 bits per heavy atom. The minimum Gasteiger partial charge on any atom is -0.397 e. The third-order valence-corrected chi connectivity index (χ3v) is 7.46. The fourth-order valence-corrected chi connectivity index (χ4v) is 4.92. The molecule has 0 radical (unpaired) electrons. The van der Waals surface area contributed by atoms with E-state index in [0.717, 1.165) is 16.6 Å². The summed E-state index contributed by atoms with van der Waals surface area (Å²) in [6, 6.07) is 8.15. The topological polar surface area (TPSA) is 118 Å². The fraction of sp³-hybridized carbons (Fsp3) is 0.278. The zero-order valence-electron chi connectivity index (χ0n) is 15.8. The molecule has 1 aromatic carbocycles. The molecule has 2 heterocycles. The molecular weight excluding hydrogens is 398 g/mol. The molecule has 0 aliphatic carbocycles. The van der Waals surface area contributed by atoms with Gasteiger partial charge in [-0.25, -0.2) is 8.42 Å². The van der Waals surface area contributed by atoms with Gasteiger partial charge in [-0.15, -0.1) is 16.4 Å². The zero-order chi connectivity index (χ0) is 20.5. The van der Waals surface area contributed by atoms with Crippen LogP contribution >= 0.6 is 11.3 Å². The number of amides is 1. The first-order valence-corrected chi connectivity index (χ1v) is 10.8. The summed E-state index contributed by atoms with van der Waals surface area (Å²) in [4.78, 5) is 13.7. The number of rotatable bonds is 6. The van der Waals surface area contributed by atoms with Gasteiger partial charge in [-0.3, -0.25) is 4.79 Å². The second-order valence-electron chi connectivity index (χ2n) is 6.33. The summed E-state index contributed by atoms with van der Waals surface area (Å²) in [5.41, 5.74) is 8.19. The third-order valence-electron chi connectivity index (χ3n) is 4.50. The minimum absolute atomic E-state index is 0.131. The SMILES string of the molecule is Cc1nnc2sc(C(=O)NCCN(C)S(=O)(=O)c3ccccc3)c(N)c2c1C. The minimum atomic E-state index is -3.60. The summed E-state index contributed by atoms with van der Waals surface area (Å²) in [5.74, 6) is -0.358. The molecule has 0 saturated heterocycles. The number of nitrogen functional groups attached to an aromatic ring is 1. The number of sulfonamides is 1. The number of benzene rings is 1. The average Bonchev–Trinajstić information content (AvgIpc) is 3.02. The Kier molecular flexibility index (Phi) is 5.64. The number of anilines is 1. The molecule has 3 aromatic rings. The van der Waals surface area contributed by atoms with Gasteiger partial charge in [0.15, 0.2) is 0 Å². The van der Waals surface area contributed by atoms with Gasteiger partial charge in [0.25, 0.3) is 5.91 Å². The number of aryl methyl sites for hydroxylation is 2. The molecule has 0 fully saturated rings. The molecule has 28 heavy (non-hydrogen) atoms. The van der Waals surface area contributed by atoms with Crippen molar-refractivity contribution in [2.75, 3.05) is 25.9 Å². The van der Waals surface area contributed by atoms with Crippen LogP contribution in [0.3, 0.4) is 0 Å². The molecule has 0 saturated carbocycles. The van der Waals surface area contributed by atoms with E-state index in [1.165, 1.54) is 34.8 Å². The lowest BCUT2D eigenvalue weighted by Gasteiger charge is -2.17. The van der Waals surface area contributed by atoms with Crippen LogP contribution in [-0.2, 0) is 10.0 Å². The Balaban J connectivity index is 1.69. The number of likely N-dealkylation sites (N-methyl/N-ethyl adjacent to an activating group) is 1. The van der Waals surface area contributed by atoms with Gasteiger partial charge < -0.3 is 11.1 Å². The van der Waals surface area contributed by atoms with E-state index < -0.39 is 10.0 Å². The lowest BCUT2D eigenvalue weighted by molar-refractivity contribution is 0.0957. The number of hydrogen-bond acceptors (Lipinski definition) is 7. The van der Waals surface area contributed by atoms with Crippen molar-refractivity contribution in [3.63, 3.8) is 0 Å². The largest absolute Gasteiger partial charge is 0.397 e. The lowest BCUT2D eigenvalue weighted by Crippen LogP contribution is -2.36. The van der Waals surface area contributed by atoms with E-state index in [1.54, 1.807) is 18.2 Å². The standard InChI is InChI=1S/C18H21N5O3S2/c1-11-12(2)21-22-18-14(11)15(19)16(27-18)17(24)20-9-10-23(3)28(25,26)13-7-5-4-6-8-13/h4-8H,9-10,19H2,1-3H3,(H,20,24). The predicted octanol–water partition coefficient (Wildman–Crippen LogP) is 1.94. The molecule has 0 spiro atoms. The summed E-state index contributed by atoms with van der Waals surface area (Å²) in [6.07, 6.45) is 0. The van der Waals surface area contributed by atoms with Crippen LogP contribution in [-0.4, -0.2) is 49.0 Å². The number of hydrogen-bond donors (Lipinski definition) is 2. The monoisotopic (exact) mass is 419 g/mol. The molecule has 0 aliphatic rings. The second-order valence-corrected chi connectivity index (χ2v) is 9.37. The van der Waals surface area contributed by atoms with Crippen LogP contribution in [0.2, 0.25) is 0 Å². The van der Waals surface area contributed by atoms with Crippen molar-refractivity contribution in [2.45, 2.75) is 18.7 Å². The first-order valence-electron chi connectivity index (χ1n) is 8.55. The predicted molar refractivity (Wildman–Crippen MR) is 110 cm³/mol. The number of thiophene rings is 1. The maximum atomic E-state index is 12.5. The van der Waals surface area contributed by atoms with Gasteiger partial charge in [0.05, 0.1) is 16.3 Å². The van der Waals surface area contributed by atoms with E-state index in [2.05, 4.69) is 15.5 Å². The molecule has 0 unspecified atom stereocenters. The average molecular weight is 420 g/mol. The molecule has 1 amide bonds. The Labute approximate surface area is 167 Å². The normalized spacial score (nSPS) is 11.9. The molecular formula is C18H21N5O3S2. The van der Waals surface area contributed by atoms with Gasteiger partial charge in [-0.2, -0.15) is 9.40 Å². The van der Waals surface area contributed by atoms with Crippen LogP contribution in [0, 0.1) is 13.8 Å². The molecule has 0 bridgehead atoms. The number of nitrogens with one attached hydrogen (secondary N) is 1. The maximum Gasteiger partial charge on any atom is 0.263 e. The third kappa shape index (κ3) is 3.71. The van der Waals surface area contributed by atoms with E-state index in [4.69, 9.17) is 5.73 Å². The van der Waals surface area contributed by atoms with E-state index >= 15 is 0 Å². The molecule has 148 valence electrons. The van der Waals surface area contributed by atoms with Gasteiger partial charge >= 0.3 is 0 Å². The number of aromatic nitrogens is 2. The molecule has 3 rings (SSSR count). The Hall–Kier alpha value is -2.56. The molecule has 3 N–H and O–H groups in total. The van der Waals surface area contributed by atoms with Crippen molar-refractivity contribution in [3.05, 3.63) is 46.5 Å². The van der Waals surface area contributed by atoms with Gasteiger partial charge in [-0.1, -0.05) is 18.2 Å². The highest BCUT2D eigenvalue weighted by atomic mass is 32.2. The Morgan fingerprint density at radius 2 is 1.89 bits per heavy atom. The summed E-state index contributed by atoms with van der Waals surface area (Å²) in [5, 5.41) is 11.6. The van der Waals surface area contributed by atoms with E-state index in [1.807, 2.05) is 13.8 Å². The van der Waals surface area contributed by atoms with Gasteiger partial charge in [-0.05, 0) is 31.5 Å². The summed E-state index contributed by atoms with van der Waals surface area (Å²) >= 11 is 1.17. The van der Waals surface area contributed by atoms with Crippen LogP contribution in [0.1, 0.15) is 20.9 Å². The molecule has 10 heteroatoms. The highest BCUT2D eigenvalue weighted by Crippen LogP contribution is 2.34. The van der Waals surface area contributed by atoms with Gasteiger partial charge in [0, 0.05) is 25.5 Å². The van der Waals surface area contributed by atoms with Crippen molar-refractivity contribution in [1.82, 2.24) is 19.8 Å². The lowest BCUT2D eigenvalue weighted by atomic mass is 10.1. The van der Waals surface area contributed by atoms with E-state index in [-0.39, 0.29) is 23.9 Å². The van der Waals surface area contributed by atoms with Gasteiger partial charge in [0.1, 0.15) is 9.71 Å². The van der Waals surface area contributed by atoms with Crippen LogP contribution in [0.5, 0.6) is 0 Å². The number of fused-ring (bicyclic) bond motifs is 1. The molecule has 0 atom stereocenters. The van der Waals surface area contributed by atoms with Crippen LogP contribution < -0.4 is 11.1 Å². The maximum absolute atomic E-state index is 12.5. The molecule has 2 aromatic heterocycles. The Morgan fingerprint density at radius 1 is 1.21 bits per heavy atom. The van der Waals surface area contributed by atoms with Crippen LogP contribution in [0.4, 0.5) is 5.69 Å². The zero-order valence-corrected chi connectivity index (χ0v) is 17.4. The number of nitrogens with two attached hydrogens (primary N) is 1. The summed E-state index contributed by atoms with van der Waals surface area (Å²) in [6.45, 7) is 4.01. The van der Waals surface area contributed by atoms with Gasteiger partial charge in [0.2, 0.25) is 10.0 Å². The number of nitrogens with zero attached hydrogens (tertiary/aromatic N) is 3. The van der Waals surface area contributed by atoms with Crippen molar-refractivity contribution >= 4 is 43.2 Å². The summed E-state index contributed by atoms with van der Waals surface area (Å²) < 4.78 is 26.2. The van der Waals surface area contributed by atoms with Crippen LogP contribution in [0.15, 0.2) is 35.2 Å². The first kappa shape index (κ1) is 20.2. The number of carbonyl (C=O) groups is 1. The smallest absolute Gasteiger partial charge is 0.263 e. The number of carbonyl (C=O) groups excluding carboxylic acids is 1. The first-order chi connectivity index (χ1) is 13.2. The van der Waals surface area contributed by atoms with Crippen molar-refractivity contribution in [2.24, 2.45) is 0 Å². The fourth-order valence-electron chi connectivity index (χ4n) is 2.71. The quantitative estimate of drug-likeness (QED) is 0.630. The van der Waals surface area contributed by atoms with Crippen LogP contribution in [0.25, 0.3) is 10.2 Å². The molecule has 8 nitrogen and oxygen atoms in total.